The number of aliphatic hydroxyl groups excluding tert-OH is 1. The Balaban J connectivity index is 2.45. The minimum Gasteiger partial charge on any atom is -0.396 e. The lowest BCUT2D eigenvalue weighted by Gasteiger charge is -1.97. The van der Waals surface area contributed by atoms with Gasteiger partial charge in [-0.25, -0.2) is 0 Å². The molecule has 0 aliphatic carbocycles. The molecule has 0 saturated carbocycles. The summed E-state index contributed by atoms with van der Waals surface area (Å²) in [6.45, 7) is 1.83. The van der Waals surface area contributed by atoms with Gasteiger partial charge in [0.1, 0.15) is 0 Å². The molecule has 1 aromatic rings. The first-order valence-corrected chi connectivity index (χ1v) is 5.62. The van der Waals surface area contributed by atoms with Crippen LogP contribution in [0.4, 0.5) is 0 Å². The van der Waals surface area contributed by atoms with Gasteiger partial charge in [0, 0.05) is 12.2 Å². The Morgan fingerprint density at radius 2 is 1.94 bits per heavy atom. The van der Waals surface area contributed by atoms with Crippen LogP contribution in [0, 0.1) is 0 Å². The van der Waals surface area contributed by atoms with Crippen molar-refractivity contribution in [1.82, 2.24) is 0 Å². The van der Waals surface area contributed by atoms with Gasteiger partial charge in [0.25, 0.3) is 0 Å². The van der Waals surface area contributed by atoms with Crippen LogP contribution >= 0.6 is 0 Å². The van der Waals surface area contributed by atoms with Gasteiger partial charge in [0.2, 0.25) is 0 Å². The van der Waals surface area contributed by atoms with Gasteiger partial charge in [0.15, 0.2) is 5.78 Å². The molecule has 0 aliphatic heterocycles. The predicted molar refractivity (Wildman–Crippen MR) is 66.4 cm³/mol. The highest BCUT2D eigenvalue weighted by Gasteiger charge is 1.96. The molecule has 0 bridgehead atoms. The van der Waals surface area contributed by atoms with Crippen molar-refractivity contribution < 1.29 is 9.90 Å². The summed E-state index contributed by atoms with van der Waals surface area (Å²) in [4.78, 5) is 11.0. The Morgan fingerprint density at radius 1 is 1.25 bits per heavy atom. The summed E-state index contributed by atoms with van der Waals surface area (Å²) in [5, 5.41) is 8.61. The second kappa shape index (κ2) is 6.96. The van der Waals surface area contributed by atoms with Gasteiger partial charge in [-0.2, -0.15) is 0 Å². The maximum Gasteiger partial charge on any atom is 0.159 e. The number of ketones is 1. The van der Waals surface area contributed by atoms with E-state index >= 15 is 0 Å². The van der Waals surface area contributed by atoms with E-state index < -0.39 is 0 Å². The van der Waals surface area contributed by atoms with Crippen molar-refractivity contribution in [2.24, 2.45) is 0 Å². The third-order valence-electron chi connectivity index (χ3n) is 2.41. The van der Waals surface area contributed by atoms with Crippen molar-refractivity contribution in [1.29, 1.82) is 0 Å². The summed E-state index contributed by atoms with van der Waals surface area (Å²) in [6, 6.07) is 7.57. The van der Waals surface area contributed by atoms with Crippen LogP contribution < -0.4 is 0 Å². The summed E-state index contributed by atoms with van der Waals surface area (Å²) >= 11 is 0. The SMILES string of the molecule is CC(=O)c1ccc(/C=C/CCCCO)cc1. The zero-order valence-electron chi connectivity index (χ0n) is 9.65. The van der Waals surface area contributed by atoms with Gasteiger partial charge < -0.3 is 5.11 Å². The standard InChI is InChI=1S/C14H18O2/c1-12(16)14-9-7-13(8-10-14)6-4-2-3-5-11-15/h4,6-10,15H,2-3,5,11H2,1H3/b6-4+. The highest BCUT2D eigenvalue weighted by atomic mass is 16.2. The highest BCUT2D eigenvalue weighted by Crippen LogP contribution is 2.08. The number of allylic oxidation sites excluding steroid dienone is 1. The van der Waals surface area contributed by atoms with Crippen LogP contribution in [-0.2, 0) is 0 Å². The Morgan fingerprint density at radius 3 is 2.50 bits per heavy atom. The van der Waals surface area contributed by atoms with E-state index in [-0.39, 0.29) is 12.4 Å². The molecule has 2 heteroatoms. The molecule has 0 amide bonds. The molecule has 0 aromatic heterocycles. The van der Waals surface area contributed by atoms with Crippen molar-refractivity contribution in [3.8, 4) is 0 Å². The van der Waals surface area contributed by atoms with Gasteiger partial charge in [0.05, 0.1) is 0 Å². The van der Waals surface area contributed by atoms with E-state index in [9.17, 15) is 4.79 Å². The zero-order valence-corrected chi connectivity index (χ0v) is 9.65. The van der Waals surface area contributed by atoms with E-state index in [1.165, 1.54) is 0 Å². The molecule has 0 aliphatic rings. The average molecular weight is 218 g/mol. The van der Waals surface area contributed by atoms with Gasteiger partial charge >= 0.3 is 0 Å². The van der Waals surface area contributed by atoms with E-state index in [1.54, 1.807) is 6.92 Å². The number of benzene rings is 1. The van der Waals surface area contributed by atoms with Crippen molar-refractivity contribution in [3.63, 3.8) is 0 Å². The second-order valence-corrected chi connectivity index (χ2v) is 3.80. The molecule has 86 valence electrons. The fourth-order valence-electron chi connectivity index (χ4n) is 1.42. The Labute approximate surface area is 96.6 Å². The lowest BCUT2D eigenvalue weighted by molar-refractivity contribution is 0.101. The molecule has 1 rings (SSSR count). The summed E-state index contributed by atoms with van der Waals surface area (Å²) in [5.74, 6) is 0.0958. The topological polar surface area (TPSA) is 37.3 Å². The number of rotatable bonds is 6. The largest absolute Gasteiger partial charge is 0.396 e. The smallest absolute Gasteiger partial charge is 0.159 e. The van der Waals surface area contributed by atoms with Crippen LogP contribution in [0.15, 0.2) is 30.3 Å². The molecule has 0 atom stereocenters. The fourth-order valence-corrected chi connectivity index (χ4v) is 1.42. The summed E-state index contributed by atoms with van der Waals surface area (Å²) in [5.41, 5.74) is 1.85. The van der Waals surface area contributed by atoms with Gasteiger partial charge in [-0.15, -0.1) is 0 Å². The minimum atomic E-state index is 0.0958. The Hall–Kier alpha value is -1.41. The highest BCUT2D eigenvalue weighted by molar-refractivity contribution is 5.94. The van der Waals surface area contributed by atoms with Crippen molar-refractivity contribution >= 4 is 11.9 Å². The maximum absolute atomic E-state index is 11.0. The summed E-state index contributed by atoms with van der Waals surface area (Å²) in [7, 11) is 0. The quantitative estimate of drug-likeness (QED) is 0.588. The average Bonchev–Trinajstić information content (AvgIpc) is 2.29. The summed E-state index contributed by atoms with van der Waals surface area (Å²) in [6.07, 6.45) is 6.99. The molecule has 0 heterocycles. The molecular weight excluding hydrogens is 200 g/mol. The van der Waals surface area contributed by atoms with E-state index in [2.05, 4.69) is 6.08 Å². The van der Waals surface area contributed by atoms with Gasteiger partial charge in [-0.3, -0.25) is 4.79 Å². The van der Waals surface area contributed by atoms with Crippen LogP contribution in [0.3, 0.4) is 0 Å². The monoisotopic (exact) mass is 218 g/mol. The molecular formula is C14H18O2. The third-order valence-corrected chi connectivity index (χ3v) is 2.41. The molecule has 0 unspecified atom stereocenters. The van der Waals surface area contributed by atoms with Crippen molar-refractivity contribution in [2.75, 3.05) is 6.61 Å². The molecule has 0 radical (unpaired) electrons. The Bertz CT molecular complexity index is 350. The number of Topliss-reactive ketones (excluding diaryl/α,β-unsaturated/α-hetero) is 1. The normalized spacial score (nSPS) is 10.9. The first-order chi connectivity index (χ1) is 7.74. The zero-order chi connectivity index (χ0) is 11.8. The number of hydrogen-bond donors (Lipinski definition) is 1. The first-order valence-electron chi connectivity index (χ1n) is 5.62. The number of unbranched alkanes of at least 4 members (excludes halogenated alkanes) is 2. The number of aliphatic hydroxyl groups is 1. The van der Waals surface area contributed by atoms with E-state index in [1.807, 2.05) is 30.3 Å². The van der Waals surface area contributed by atoms with Crippen molar-refractivity contribution in [3.05, 3.63) is 41.5 Å². The first kappa shape index (κ1) is 12.7. The van der Waals surface area contributed by atoms with Gasteiger partial charge in [-0.05, 0) is 31.7 Å². The molecule has 1 aromatic carbocycles. The molecule has 0 spiro atoms. The molecule has 2 nitrogen and oxygen atoms in total. The number of carbonyl (C=O) groups is 1. The van der Waals surface area contributed by atoms with Crippen LogP contribution in [0.1, 0.15) is 42.1 Å². The molecule has 0 fully saturated rings. The van der Waals surface area contributed by atoms with Crippen LogP contribution in [0.5, 0.6) is 0 Å². The lowest BCUT2D eigenvalue weighted by atomic mass is 10.1. The Kier molecular flexibility index (Phi) is 5.51. The maximum atomic E-state index is 11.0. The predicted octanol–water partition coefficient (Wildman–Crippen LogP) is 3.07. The van der Waals surface area contributed by atoms with Gasteiger partial charge in [-0.1, -0.05) is 36.4 Å². The number of carbonyl (C=O) groups excluding carboxylic acids is 1. The second-order valence-electron chi connectivity index (χ2n) is 3.80. The molecule has 1 N–H and O–H groups in total. The van der Waals surface area contributed by atoms with Crippen LogP contribution in [0.2, 0.25) is 0 Å². The van der Waals surface area contributed by atoms with Crippen LogP contribution in [0.25, 0.3) is 6.08 Å². The molecule has 16 heavy (non-hydrogen) atoms. The summed E-state index contributed by atoms with van der Waals surface area (Å²) < 4.78 is 0. The van der Waals surface area contributed by atoms with E-state index in [0.717, 1.165) is 30.4 Å². The fraction of sp³-hybridized carbons (Fsp3) is 0.357. The van der Waals surface area contributed by atoms with Crippen LogP contribution in [-0.4, -0.2) is 17.5 Å². The van der Waals surface area contributed by atoms with E-state index in [4.69, 9.17) is 5.11 Å². The van der Waals surface area contributed by atoms with Crippen molar-refractivity contribution in [2.45, 2.75) is 26.2 Å². The minimum absolute atomic E-state index is 0.0958. The van der Waals surface area contributed by atoms with E-state index in [0.29, 0.717) is 0 Å². The molecule has 0 saturated heterocycles. The number of hydrogen-bond acceptors (Lipinski definition) is 2. The lowest BCUT2D eigenvalue weighted by Crippen LogP contribution is -1.90. The third kappa shape index (κ3) is 4.41.